The zero-order valence-corrected chi connectivity index (χ0v) is 33.9. The van der Waals surface area contributed by atoms with Gasteiger partial charge in [0.2, 0.25) is 12.0 Å². The van der Waals surface area contributed by atoms with Crippen molar-refractivity contribution in [3.63, 3.8) is 0 Å². The Kier molecular flexibility index (Phi) is 11.8. The molecule has 0 spiro atoms. The number of nitrogens with two attached hydrogens (primary N) is 1. The van der Waals surface area contributed by atoms with Gasteiger partial charge in [-0.2, -0.15) is 0 Å². The number of aliphatic hydroxyl groups excluding tert-OH is 3. The van der Waals surface area contributed by atoms with E-state index in [2.05, 4.69) is 15.0 Å². The average molecular weight is 854 g/mol. The topological polar surface area (TPSA) is 267 Å². The Hall–Kier alpha value is -6.27. The number of aryl methyl sites for hydroxylation is 1. The van der Waals surface area contributed by atoms with E-state index >= 15 is 0 Å². The molecular formula is C45H49N4O13+. The van der Waals surface area contributed by atoms with Crippen LogP contribution in [0, 0.1) is 5.41 Å². The molecule has 8 rings (SSSR count). The lowest BCUT2D eigenvalue weighted by atomic mass is 9.55. The molecule has 0 bridgehead atoms. The number of ether oxygens (including phenoxy) is 5. The summed E-state index contributed by atoms with van der Waals surface area (Å²) in [6, 6.07) is 13.1. The molecule has 4 aliphatic heterocycles. The lowest BCUT2D eigenvalue weighted by molar-refractivity contribution is -0.326. The number of carbonyl (C=O) groups is 1. The predicted molar refractivity (Wildman–Crippen MR) is 224 cm³/mol. The summed E-state index contributed by atoms with van der Waals surface area (Å²) in [7, 11) is 0. The molecule has 3 aromatic carbocycles. The quantitative estimate of drug-likeness (QED) is 0.116. The molecule has 326 valence electrons. The van der Waals surface area contributed by atoms with Gasteiger partial charge in [0.1, 0.15) is 65.4 Å². The molecule has 6 atom stereocenters. The summed E-state index contributed by atoms with van der Waals surface area (Å²) >= 11 is 0. The van der Waals surface area contributed by atoms with Gasteiger partial charge in [-0.1, -0.05) is 44.4 Å². The van der Waals surface area contributed by atoms with E-state index in [-0.39, 0.29) is 60.3 Å². The first-order chi connectivity index (χ1) is 29.8. The average Bonchev–Trinajstić information content (AvgIpc) is 3.96. The number of hydrogen-bond donors (Lipinski definition) is 8. The lowest BCUT2D eigenvalue weighted by Crippen LogP contribution is -2.76. The van der Waals surface area contributed by atoms with Crippen LogP contribution in [0.1, 0.15) is 73.8 Å². The van der Waals surface area contributed by atoms with Crippen molar-refractivity contribution in [2.24, 2.45) is 20.4 Å². The smallest absolute Gasteiger partial charge is 0.336 e. The van der Waals surface area contributed by atoms with Gasteiger partial charge in [0.05, 0.1) is 18.9 Å². The second-order valence-electron chi connectivity index (χ2n) is 16.0. The summed E-state index contributed by atoms with van der Waals surface area (Å²) in [6.45, 7) is 2.11. The highest BCUT2D eigenvalue weighted by molar-refractivity contribution is 6.13. The van der Waals surface area contributed by atoms with Crippen LogP contribution in [0.2, 0.25) is 0 Å². The van der Waals surface area contributed by atoms with Gasteiger partial charge in [-0.05, 0) is 71.3 Å². The van der Waals surface area contributed by atoms with Crippen LogP contribution in [0.4, 0.5) is 0 Å². The summed E-state index contributed by atoms with van der Waals surface area (Å²) in [5, 5.41) is 86.0. The van der Waals surface area contributed by atoms with Crippen LogP contribution in [0.3, 0.4) is 0 Å². The number of fused-ring (bicyclic) bond motifs is 1. The van der Waals surface area contributed by atoms with E-state index in [9.17, 15) is 40.5 Å². The molecule has 9 N–H and O–H groups in total. The molecule has 1 saturated heterocycles. The number of nitrogens with zero attached hydrogens (tertiary/aromatic N) is 3. The van der Waals surface area contributed by atoms with Crippen molar-refractivity contribution in [2.45, 2.75) is 94.8 Å². The summed E-state index contributed by atoms with van der Waals surface area (Å²) in [4.78, 5) is 25.8. The van der Waals surface area contributed by atoms with E-state index in [0.717, 1.165) is 17.7 Å². The van der Waals surface area contributed by atoms with Gasteiger partial charge < -0.3 is 59.4 Å². The minimum atomic E-state index is -2.57. The van der Waals surface area contributed by atoms with Crippen molar-refractivity contribution in [3.05, 3.63) is 89.0 Å². The van der Waals surface area contributed by atoms with Crippen molar-refractivity contribution >= 4 is 35.3 Å². The zero-order valence-electron chi connectivity index (χ0n) is 33.9. The van der Waals surface area contributed by atoms with Gasteiger partial charge in [0.15, 0.2) is 23.3 Å². The van der Waals surface area contributed by atoms with Crippen molar-refractivity contribution in [1.82, 2.24) is 0 Å². The fourth-order valence-electron chi connectivity index (χ4n) is 9.02. The SMILES string of the molecule is CCc1cc(O)cc(COc2c(O[C@@H]3O[C@H](C(=O)O)[C@](O)(C4(C5=NC=NC5)CCCCC4)[C@@H](O)[C@H]3O)cc3c(c2O)C(O)=CC(c2ccc(OCCC4=NC(=[NH2+])C=C4)cc2)O3)c1. The molecule has 0 amide bonds. The molecule has 1 aliphatic carbocycles. The van der Waals surface area contributed by atoms with Crippen LogP contribution in [0.5, 0.6) is 34.5 Å². The number of aromatic hydroxyl groups is 2. The molecule has 62 heavy (non-hydrogen) atoms. The second-order valence-corrected chi connectivity index (χ2v) is 16.0. The maximum absolute atomic E-state index is 13.1. The van der Waals surface area contributed by atoms with E-state index in [1.165, 1.54) is 24.5 Å². The molecule has 17 nitrogen and oxygen atoms in total. The van der Waals surface area contributed by atoms with Gasteiger partial charge in [-0.3, -0.25) is 10.4 Å². The molecule has 1 saturated carbocycles. The number of aliphatic hydroxyl groups is 4. The van der Waals surface area contributed by atoms with Crippen LogP contribution >= 0.6 is 0 Å². The number of aliphatic carboxylic acids is 1. The zero-order chi connectivity index (χ0) is 43.8. The summed E-state index contributed by atoms with van der Waals surface area (Å²) in [5.41, 5.74) is -1.02. The number of phenols is 2. The third-order valence-corrected chi connectivity index (χ3v) is 12.1. The normalized spacial score (nSPS) is 26.2. The highest BCUT2D eigenvalue weighted by atomic mass is 16.7. The van der Waals surface area contributed by atoms with Crippen LogP contribution in [0.25, 0.3) is 5.76 Å². The number of hydrogen-bond acceptors (Lipinski definition) is 14. The van der Waals surface area contributed by atoms with Crippen molar-refractivity contribution in [3.8, 4) is 34.5 Å². The molecule has 2 fully saturated rings. The van der Waals surface area contributed by atoms with Gasteiger partial charge in [0, 0.05) is 30.1 Å². The van der Waals surface area contributed by atoms with E-state index in [4.69, 9.17) is 29.1 Å². The first-order valence-electron chi connectivity index (χ1n) is 20.5. The first-order valence-corrected chi connectivity index (χ1v) is 20.5. The maximum Gasteiger partial charge on any atom is 0.336 e. The molecule has 1 unspecified atom stereocenters. The highest BCUT2D eigenvalue weighted by Crippen LogP contribution is 2.55. The van der Waals surface area contributed by atoms with Crippen LogP contribution < -0.4 is 24.4 Å². The summed E-state index contributed by atoms with van der Waals surface area (Å²) in [5.74, 6) is -2.41. The molecular weight excluding hydrogens is 805 g/mol. The Morgan fingerprint density at radius 1 is 0.984 bits per heavy atom. The Morgan fingerprint density at radius 3 is 2.42 bits per heavy atom. The standard InChI is InChI=1S/C45H48N4O13/c1-2-24-16-25(18-28(50)17-24)22-59-39-33(61-43-38(53)40(54)45(57,41(62-43)42(55)56)44(13-4-3-5-14-44)34-21-47-23-48-34)20-32-36(37(39)52)30(51)19-31(60-32)26-6-9-29(10-7-26)58-15-12-27-8-11-35(46)49-27/h6-11,16-20,23,31,38,40-41,43,46,50-54,57H,2-5,12-15,21-22H2,1H3,(H,55,56)/p+1/t31?,38-,40+,41-,43-,45+/m1/s1. The third kappa shape index (κ3) is 7.88. The fourth-order valence-corrected chi connectivity index (χ4v) is 9.02. The van der Waals surface area contributed by atoms with Gasteiger partial charge in [-0.15, -0.1) is 0 Å². The number of rotatable bonds is 14. The van der Waals surface area contributed by atoms with Crippen molar-refractivity contribution in [2.75, 3.05) is 13.2 Å². The highest BCUT2D eigenvalue weighted by Gasteiger charge is 2.69. The number of carboxylic acid groups (broad SMARTS) is 1. The van der Waals surface area contributed by atoms with E-state index in [0.29, 0.717) is 60.7 Å². The Morgan fingerprint density at radius 2 is 1.74 bits per heavy atom. The number of phenolic OH excluding ortho intramolecular Hbond substituents is 2. The molecule has 0 aromatic heterocycles. The van der Waals surface area contributed by atoms with Gasteiger partial charge in [0.25, 0.3) is 0 Å². The molecule has 4 heterocycles. The van der Waals surface area contributed by atoms with Crippen molar-refractivity contribution in [1.29, 1.82) is 0 Å². The van der Waals surface area contributed by atoms with Crippen LogP contribution in [0.15, 0.2) is 81.7 Å². The van der Waals surface area contributed by atoms with E-state index in [1.54, 1.807) is 42.5 Å². The number of aliphatic imine (C=N–C) groups is 3. The van der Waals surface area contributed by atoms with E-state index < -0.39 is 53.4 Å². The second kappa shape index (κ2) is 17.2. The lowest BCUT2D eigenvalue weighted by Gasteiger charge is -2.57. The molecule has 5 aliphatic rings. The fraction of sp³-hybridized carbons (Fsp3) is 0.400. The number of amidine groups is 1. The van der Waals surface area contributed by atoms with Gasteiger partial charge in [-0.25, -0.2) is 9.79 Å². The van der Waals surface area contributed by atoms with Gasteiger partial charge >= 0.3 is 11.8 Å². The molecule has 17 heteroatoms. The maximum atomic E-state index is 13.1. The largest absolute Gasteiger partial charge is 0.508 e. The number of carboxylic acids is 1. The van der Waals surface area contributed by atoms with Crippen LogP contribution in [-0.4, -0.2) is 109 Å². The number of allylic oxidation sites excluding steroid dienone is 1. The predicted octanol–water partition coefficient (Wildman–Crippen LogP) is 3.28. The molecule has 3 aromatic rings. The minimum Gasteiger partial charge on any atom is -0.508 e. The van der Waals surface area contributed by atoms with Crippen molar-refractivity contribution < 1.29 is 69.6 Å². The number of benzene rings is 3. The summed E-state index contributed by atoms with van der Waals surface area (Å²) in [6.07, 6.45) is 0.763. The van der Waals surface area contributed by atoms with Crippen LogP contribution in [-0.2, 0) is 22.6 Å². The minimum absolute atomic E-state index is 0.0136. The third-order valence-electron chi connectivity index (χ3n) is 12.1. The summed E-state index contributed by atoms with van der Waals surface area (Å²) < 4.78 is 30.4. The molecule has 0 radical (unpaired) electrons. The Bertz CT molecular complexity index is 2390. The monoisotopic (exact) mass is 853 g/mol. The Balaban J connectivity index is 1.10. The Labute approximate surface area is 356 Å². The first kappa shape index (κ1) is 42.4. The van der Waals surface area contributed by atoms with E-state index in [1.807, 2.05) is 13.0 Å².